The van der Waals surface area contributed by atoms with Crippen molar-refractivity contribution in [2.24, 2.45) is 0 Å². The number of rotatable bonds is 4. The highest BCUT2D eigenvalue weighted by Crippen LogP contribution is 2.26. The van der Waals surface area contributed by atoms with Crippen molar-refractivity contribution in [2.75, 3.05) is 26.7 Å². The molecule has 1 heterocycles. The molecule has 0 amide bonds. The topological polar surface area (TPSA) is 41.6 Å². The molecule has 1 atom stereocenters. The Kier molecular flexibility index (Phi) is 5.22. The SMILES string of the molecule is CCOC(=O)C1(NC2CCCCC2)CCCN(C)C1. The number of esters is 1. The number of hydrogen-bond acceptors (Lipinski definition) is 4. The van der Waals surface area contributed by atoms with Crippen LogP contribution in [-0.4, -0.2) is 49.2 Å². The van der Waals surface area contributed by atoms with Crippen molar-refractivity contribution in [1.29, 1.82) is 0 Å². The summed E-state index contributed by atoms with van der Waals surface area (Å²) in [7, 11) is 2.09. The van der Waals surface area contributed by atoms with E-state index >= 15 is 0 Å². The fourth-order valence-electron chi connectivity index (χ4n) is 3.52. The van der Waals surface area contributed by atoms with Gasteiger partial charge in [-0.2, -0.15) is 0 Å². The number of hydrogen-bond donors (Lipinski definition) is 1. The van der Waals surface area contributed by atoms with Gasteiger partial charge in [-0.3, -0.25) is 5.32 Å². The quantitative estimate of drug-likeness (QED) is 0.791. The first-order valence-corrected chi connectivity index (χ1v) is 7.80. The fraction of sp³-hybridized carbons (Fsp3) is 0.933. The third-order valence-corrected chi connectivity index (χ3v) is 4.43. The number of piperidine rings is 1. The standard InChI is InChI=1S/C15H28N2O2/c1-3-19-14(18)15(10-7-11-17(2)12-15)16-13-8-5-4-6-9-13/h13,16H,3-12H2,1-2H3. The van der Waals surface area contributed by atoms with E-state index in [9.17, 15) is 4.79 Å². The maximum Gasteiger partial charge on any atom is 0.327 e. The predicted octanol–water partition coefficient (Wildman–Crippen LogP) is 1.94. The number of likely N-dealkylation sites (N-methyl/N-ethyl adjacent to an activating group) is 1. The Morgan fingerprint density at radius 3 is 2.68 bits per heavy atom. The summed E-state index contributed by atoms with van der Waals surface area (Å²) < 4.78 is 5.35. The zero-order chi connectivity index (χ0) is 13.7. The van der Waals surface area contributed by atoms with E-state index in [0.29, 0.717) is 12.6 Å². The highest BCUT2D eigenvalue weighted by atomic mass is 16.5. The molecule has 0 spiro atoms. The summed E-state index contributed by atoms with van der Waals surface area (Å²) in [4.78, 5) is 14.7. The molecule has 19 heavy (non-hydrogen) atoms. The molecule has 0 aromatic heterocycles. The second-order valence-electron chi connectivity index (χ2n) is 6.12. The van der Waals surface area contributed by atoms with E-state index in [1.807, 2.05) is 6.92 Å². The molecule has 4 heteroatoms. The van der Waals surface area contributed by atoms with Crippen LogP contribution >= 0.6 is 0 Å². The van der Waals surface area contributed by atoms with E-state index in [0.717, 1.165) is 25.9 Å². The van der Waals surface area contributed by atoms with Crippen LogP contribution in [0.1, 0.15) is 51.9 Å². The highest BCUT2D eigenvalue weighted by molar-refractivity contribution is 5.81. The zero-order valence-electron chi connectivity index (χ0n) is 12.4. The molecule has 1 aliphatic heterocycles. The lowest BCUT2D eigenvalue weighted by atomic mass is 9.85. The van der Waals surface area contributed by atoms with Crippen LogP contribution in [0.2, 0.25) is 0 Å². The van der Waals surface area contributed by atoms with E-state index in [1.54, 1.807) is 0 Å². The third-order valence-electron chi connectivity index (χ3n) is 4.43. The Morgan fingerprint density at radius 2 is 2.05 bits per heavy atom. The number of nitrogens with zero attached hydrogens (tertiary/aromatic N) is 1. The zero-order valence-corrected chi connectivity index (χ0v) is 12.4. The normalized spacial score (nSPS) is 30.2. The van der Waals surface area contributed by atoms with Crippen LogP contribution in [0.4, 0.5) is 0 Å². The monoisotopic (exact) mass is 268 g/mol. The molecule has 0 radical (unpaired) electrons. The Balaban J connectivity index is 2.06. The Morgan fingerprint density at radius 1 is 1.32 bits per heavy atom. The molecule has 2 fully saturated rings. The molecule has 1 N–H and O–H groups in total. The number of nitrogens with one attached hydrogen (secondary N) is 1. The van der Waals surface area contributed by atoms with E-state index in [4.69, 9.17) is 4.74 Å². The van der Waals surface area contributed by atoms with Crippen LogP contribution in [0.3, 0.4) is 0 Å². The summed E-state index contributed by atoms with van der Waals surface area (Å²) >= 11 is 0. The van der Waals surface area contributed by atoms with Gasteiger partial charge in [-0.1, -0.05) is 19.3 Å². The maximum absolute atomic E-state index is 12.4. The van der Waals surface area contributed by atoms with Crippen molar-refractivity contribution in [3.8, 4) is 0 Å². The number of ether oxygens (including phenoxy) is 1. The summed E-state index contributed by atoms with van der Waals surface area (Å²) in [6.45, 7) is 4.21. The minimum atomic E-state index is -0.467. The molecule has 0 aromatic carbocycles. The van der Waals surface area contributed by atoms with Crippen LogP contribution in [0.15, 0.2) is 0 Å². The molecule has 1 saturated carbocycles. The first-order valence-electron chi connectivity index (χ1n) is 7.80. The first kappa shape index (κ1) is 14.8. The van der Waals surface area contributed by atoms with E-state index in [2.05, 4.69) is 17.3 Å². The average Bonchev–Trinajstić information content (AvgIpc) is 2.40. The molecule has 1 saturated heterocycles. The minimum absolute atomic E-state index is 0.0490. The Bertz CT molecular complexity index is 303. The minimum Gasteiger partial charge on any atom is -0.465 e. The van der Waals surface area contributed by atoms with Gasteiger partial charge in [-0.25, -0.2) is 4.79 Å². The summed E-state index contributed by atoms with van der Waals surface area (Å²) in [5.74, 6) is -0.0490. The van der Waals surface area contributed by atoms with Crippen molar-refractivity contribution < 1.29 is 9.53 Å². The smallest absolute Gasteiger partial charge is 0.327 e. The van der Waals surface area contributed by atoms with Gasteiger partial charge in [0, 0.05) is 12.6 Å². The molecular formula is C15H28N2O2. The lowest BCUT2D eigenvalue weighted by Gasteiger charge is -2.43. The highest BCUT2D eigenvalue weighted by Gasteiger charge is 2.44. The van der Waals surface area contributed by atoms with Gasteiger partial charge in [0.25, 0.3) is 0 Å². The van der Waals surface area contributed by atoms with Gasteiger partial charge in [0.05, 0.1) is 6.61 Å². The lowest BCUT2D eigenvalue weighted by molar-refractivity contribution is -0.154. The molecule has 0 aromatic rings. The predicted molar refractivity (Wildman–Crippen MR) is 76.1 cm³/mol. The van der Waals surface area contributed by atoms with E-state index in [1.165, 1.54) is 32.1 Å². The van der Waals surface area contributed by atoms with Gasteiger partial charge in [-0.05, 0) is 46.2 Å². The lowest BCUT2D eigenvalue weighted by Crippen LogP contribution is -2.64. The van der Waals surface area contributed by atoms with Crippen molar-refractivity contribution in [3.05, 3.63) is 0 Å². The molecule has 2 aliphatic rings. The van der Waals surface area contributed by atoms with Crippen molar-refractivity contribution >= 4 is 5.97 Å². The second-order valence-corrected chi connectivity index (χ2v) is 6.12. The molecule has 110 valence electrons. The van der Waals surface area contributed by atoms with Crippen molar-refractivity contribution in [1.82, 2.24) is 10.2 Å². The maximum atomic E-state index is 12.4. The number of carbonyl (C=O) groups excluding carboxylic acids is 1. The molecule has 0 bridgehead atoms. The second kappa shape index (κ2) is 6.71. The molecular weight excluding hydrogens is 240 g/mol. The summed E-state index contributed by atoms with van der Waals surface area (Å²) in [6, 6.07) is 0.490. The van der Waals surface area contributed by atoms with Crippen LogP contribution in [-0.2, 0) is 9.53 Å². The summed E-state index contributed by atoms with van der Waals surface area (Å²) in [5, 5.41) is 3.67. The fourth-order valence-corrected chi connectivity index (χ4v) is 3.52. The van der Waals surface area contributed by atoms with Gasteiger partial charge in [0.1, 0.15) is 5.54 Å². The molecule has 1 unspecified atom stereocenters. The summed E-state index contributed by atoms with van der Waals surface area (Å²) in [5.41, 5.74) is -0.467. The van der Waals surface area contributed by atoms with E-state index < -0.39 is 5.54 Å². The van der Waals surface area contributed by atoms with Gasteiger partial charge in [0.2, 0.25) is 0 Å². The molecule has 4 nitrogen and oxygen atoms in total. The van der Waals surface area contributed by atoms with Gasteiger partial charge < -0.3 is 9.64 Å². The average molecular weight is 268 g/mol. The van der Waals surface area contributed by atoms with Gasteiger partial charge >= 0.3 is 5.97 Å². The number of carbonyl (C=O) groups is 1. The van der Waals surface area contributed by atoms with Crippen molar-refractivity contribution in [2.45, 2.75) is 63.5 Å². The Hall–Kier alpha value is -0.610. The molecule has 1 aliphatic carbocycles. The largest absolute Gasteiger partial charge is 0.465 e. The molecule has 2 rings (SSSR count). The van der Waals surface area contributed by atoms with Crippen LogP contribution in [0.25, 0.3) is 0 Å². The summed E-state index contributed by atoms with van der Waals surface area (Å²) in [6.07, 6.45) is 8.28. The van der Waals surface area contributed by atoms with Crippen LogP contribution < -0.4 is 5.32 Å². The van der Waals surface area contributed by atoms with Gasteiger partial charge in [-0.15, -0.1) is 0 Å². The van der Waals surface area contributed by atoms with Crippen LogP contribution in [0.5, 0.6) is 0 Å². The van der Waals surface area contributed by atoms with Gasteiger partial charge in [0.15, 0.2) is 0 Å². The first-order chi connectivity index (χ1) is 9.16. The number of likely N-dealkylation sites (tertiary alicyclic amines) is 1. The van der Waals surface area contributed by atoms with E-state index in [-0.39, 0.29) is 5.97 Å². The van der Waals surface area contributed by atoms with Crippen molar-refractivity contribution in [3.63, 3.8) is 0 Å². The third kappa shape index (κ3) is 3.69. The Labute approximate surface area is 116 Å². The van der Waals surface area contributed by atoms with Crippen LogP contribution in [0, 0.1) is 0 Å².